The molecule has 0 aliphatic carbocycles. The van der Waals surface area contributed by atoms with Gasteiger partial charge in [-0.15, -0.1) is 0 Å². The van der Waals surface area contributed by atoms with Crippen molar-refractivity contribution < 1.29 is 22.0 Å². The molecule has 1 heterocycles. The van der Waals surface area contributed by atoms with Crippen LogP contribution in [0.5, 0.6) is 0 Å². The smallest absolute Gasteiger partial charge is 0.314 e. The Hall–Kier alpha value is -1.21. The highest BCUT2D eigenvalue weighted by atomic mass is 19.4. The molecule has 1 fully saturated rings. The zero-order valence-corrected chi connectivity index (χ0v) is 11.4. The fourth-order valence-electron chi connectivity index (χ4n) is 2.73. The first kappa shape index (κ1) is 16.2. The minimum Gasteiger partial charge on any atom is -0.314 e. The fourth-order valence-corrected chi connectivity index (χ4v) is 2.73. The number of benzene rings is 1. The van der Waals surface area contributed by atoms with E-state index in [9.17, 15) is 22.0 Å². The van der Waals surface area contributed by atoms with E-state index in [0.717, 1.165) is 18.2 Å². The molecule has 1 aromatic rings. The SMILES string of the molecule is FCC[C@@H](c1c(F)cccc1C(F)(F)F)N1CCNCC1. The van der Waals surface area contributed by atoms with Crippen molar-refractivity contribution in [2.75, 3.05) is 32.9 Å². The molecule has 0 amide bonds. The highest BCUT2D eigenvalue weighted by molar-refractivity contribution is 5.34. The van der Waals surface area contributed by atoms with Gasteiger partial charge in [-0.2, -0.15) is 13.2 Å². The van der Waals surface area contributed by atoms with Gasteiger partial charge in [0.15, 0.2) is 0 Å². The lowest BCUT2D eigenvalue weighted by Gasteiger charge is -2.36. The molecule has 2 rings (SSSR count). The van der Waals surface area contributed by atoms with Gasteiger partial charge in [0.05, 0.1) is 12.2 Å². The third-order valence-corrected chi connectivity index (χ3v) is 3.67. The Bertz CT molecular complexity index is 469. The molecule has 0 bridgehead atoms. The van der Waals surface area contributed by atoms with Gasteiger partial charge in [-0.25, -0.2) is 4.39 Å². The third-order valence-electron chi connectivity index (χ3n) is 3.67. The standard InChI is InChI=1S/C14H17F5N2/c15-5-4-12(21-8-6-20-7-9-21)13-10(14(17,18)19)2-1-3-11(13)16/h1-3,12,20H,4-9H2/t12-/m0/s1. The molecule has 1 aliphatic rings. The van der Waals surface area contributed by atoms with Crippen LogP contribution in [-0.2, 0) is 6.18 Å². The first-order valence-electron chi connectivity index (χ1n) is 6.81. The van der Waals surface area contributed by atoms with Crippen LogP contribution in [0.2, 0.25) is 0 Å². The van der Waals surface area contributed by atoms with Crippen LogP contribution < -0.4 is 5.32 Å². The molecule has 0 unspecified atom stereocenters. The Labute approximate surface area is 119 Å². The molecule has 21 heavy (non-hydrogen) atoms. The molecule has 0 aromatic heterocycles. The van der Waals surface area contributed by atoms with E-state index in [0.29, 0.717) is 26.2 Å². The van der Waals surface area contributed by atoms with E-state index in [-0.39, 0.29) is 6.42 Å². The summed E-state index contributed by atoms with van der Waals surface area (Å²) in [5.74, 6) is -0.929. The minimum absolute atomic E-state index is 0.149. The Kier molecular flexibility index (Phi) is 5.16. The lowest BCUT2D eigenvalue weighted by atomic mass is 9.95. The molecule has 1 atom stereocenters. The zero-order valence-electron chi connectivity index (χ0n) is 11.4. The van der Waals surface area contributed by atoms with Crippen molar-refractivity contribution in [2.45, 2.75) is 18.6 Å². The van der Waals surface area contributed by atoms with Gasteiger partial charge in [-0.05, 0) is 18.6 Å². The Balaban J connectivity index is 2.43. The summed E-state index contributed by atoms with van der Waals surface area (Å²) in [6.07, 6.45) is -4.80. The Morgan fingerprint density at radius 1 is 1.19 bits per heavy atom. The summed E-state index contributed by atoms with van der Waals surface area (Å²) < 4.78 is 66.2. The summed E-state index contributed by atoms with van der Waals surface area (Å²) in [6.45, 7) is 1.34. The van der Waals surface area contributed by atoms with Crippen LogP contribution >= 0.6 is 0 Å². The van der Waals surface area contributed by atoms with Crippen LogP contribution in [0.4, 0.5) is 22.0 Å². The van der Waals surface area contributed by atoms with Crippen molar-refractivity contribution in [3.63, 3.8) is 0 Å². The second-order valence-corrected chi connectivity index (χ2v) is 4.98. The average molecular weight is 308 g/mol. The normalized spacial score (nSPS) is 18.7. The van der Waals surface area contributed by atoms with E-state index in [4.69, 9.17) is 0 Å². The van der Waals surface area contributed by atoms with Gasteiger partial charge < -0.3 is 5.32 Å². The zero-order chi connectivity index (χ0) is 15.5. The summed E-state index contributed by atoms with van der Waals surface area (Å²) in [5, 5.41) is 3.07. The number of hydrogen-bond donors (Lipinski definition) is 1. The second-order valence-electron chi connectivity index (χ2n) is 4.98. The average Bonchev–Trinajstić information content (AvgIpc) is 2.45. The topological polar surface area (TPSA) is 15.3 Å². The van der Waals surface area contributed by atoms with Crippen molar-refractivity contribution in [3.05, 3.63) is 35.1 Å². The molecule has 1 N–H and O–H groups in total. The summed E-state index contributed by atoms with van der Waals surface area (Å²) in [4.78, 5) is 1.71. The van der Waals surface area contributed by atoms with Crippen LogP contribution in [0.1, 0.15) is 23.6 Å². The molecule has 1 saturated heterocycles. The predicted molar refractivity (Wildman–Crippen MR) is 69.2 cm³/mol. The van der Waals surface area contributed by atoms with Crippen LogP contribution in [0.3, 0.4) is 0 Å². The third kappa shape index (κ3) is 3.71. The monoisotopic (exact) mass is 308 g/mol. The number of nitrogens with one attached hydrogen (secondary N) is 1. The van der Waals surface area contributed by atoms with Crippen LogP contribution in [0.15, 0.2) is 18.2 Å². The molecule has 1 aromatic carbocycles. The van der Waals surface area contributed by atoms with Crippen molar-refractivity contribution >= 4 is 0 Å². The predicted octanol–water partition coefficient (Wildman–Crippen LogP) is 3.15. The van der Waals surface area contributed by atoms with Crippen LogP contribution in [0, 0.1) is 5.82 Å². The first-order valence-corrected chi connectivity index (χ1v) is 6.81. The summed E-state index contributed by atoms with van der Waals surface area (Å²) >= 11 is 0. The van der Waals surface area contributed by atoms with Gasteiger partial charge in [-0.3, -0.25) is 9.29 Å². The van der Waals surface area contributed by atoms with E-state index < -0.39 is 35.8 Å². The molecule has 118 valence electrons. The lowest BCUT2D eigenvalue weighted by Crippen LogP contribution is -2.45. The maximum Gasteiger partial charge on any atom is 0.416 e. The van der Waals surface area contributed by atoms with E-state index >= 15 is 0 Å². The number of hydrogen-bond acceptors (Lipinski definition) is 2. The fraction of sp³-hybridized carbons (Fsp3) is 0.571. The number of halogens is 5. The first-order chi connectivity index (χ1) is 9.95. The van der Waals surface area contributed by atoms with Crippen molar-refractivity contribution in [2.24, 2.45) is 0 Å². The van der Waals surface area contributed by atoms with E-state index in [1.807, 2.05) is 0 Å². The maximum absolute atomic E-state index is 14.0. The van der Waals surface area contributed by atoms with Gasteiger partial charge in [0.25, 0.3) is 0 Å². The summed E-state index contributed by atoms with van der Waals surface area (Å²) in [6, 6.07) is 1.99. The van der Waals surface area contributed by atoms with Gasteiger partial charge in [0.2, 0.25) is 0 Å². The molecular formula is C14H17F5N2. The maximum atomic E-state index is 14.0. The molecule has 0 radical (unpaired) electrons. The number of alkyl halides is 4. The van der Waals surface area contributed by atoms with Gasteiger partial charge in [-0.1, -0.05) is 6.07 Å². The van der Waals surface area contributed by atoms with E-state index in [1.165, 1.54) is 0 Å². The molecule has 0 saturated carbocycles. The van der Waals surface area contributed by atoms with E-state index in [1.54, 1.807) is 4.90 Å². The van der Waals surface area contributed by atoms with Gasteiger partial charge >= 0.3 is 6.18 Å². The Morgan fingerprint density at radius 2 is 1.86 bits per heavy atom. The Morgan fingerprint density at radius 3 is 2.43 bits per heavy atom. The molecule has 0 spiro atoms. The number of nitrogens with zero attached hydrogens (tertiary/aromatic N) is 1. The highest BCUT2D eigenvalue weighted by Crippen LogP contribution is 2.39. The molecular weight excluding hydrogens is 291 g/mol. The van der Waals surface area contributed by atoms with Crippen LogP contribution in [-0.4, -0.2) is 37.8 Å². The van der Waals surface area contributed by atoms with Gasteiger partial charge in [0.1, 0.15) is 5.82 Å². The van der Waals surface area contributed by atoms with Crippen molar-refractivity contribution in [3.8, 4) is 0 Å². The highest BCUT2D eigenvalue weighted by Gasteiger charge is 2.38. The minimum atomic E-state index is -4.65. The summed E-state index contributed by atoms with van der Waals surface area (Å²) in [7, 11) is 0. The van der Waals surface area contributed by atoms with E-state index in [2.05, 4.69) is 5.32 Å². The lowest BCUT2D eigenvalue weighted by molar-refractivity contribution is -0.139. The quantitative estimate of drug-likeness (QED) is 0.860. The van der Waals surface area contributed by atoms with Crippen LogP contribution in [0.25, 0.3) is 0 Å². The molecule has 2 nitrogen and oxygen atoms in total. The summed E-state index contributed by atoms with van der Waals surface area (Å²) in [5.41, 5.74) is -1.45. The van der Waals surface area contributed by atoms with Crippen molar-refractivity contribution in [1.29, 1.82) is 0 Å². The van der Waals surface area contributed by atoms with Gasteiger partial charge in [0, 0.05) is 37.8 Å². The number of rotatable bonds is 4. The molecule has 1 aliphatic heterocycles. The second kappa shape index (κ2) is 6.70. The molecule has 7 heteroatoms. The van der Waals surface area contributed by atoms with Crippen molar-refractivity contribution in [1.82, 2.24) is 10.2 Å². The number of piperazine rings is 1. The largest absolute Gasteiger partial charge is 0.416 e.